The molecule has 0 aromatic rings. The normalized spacial score (nSPS) is 34.2. The molecule has 0 aromatic carbocycles. The molecule has 1 saturated carbocycles. The van der Waals surface area contributed by atoms with Gasteiger partial charge in [0.25, 0.3) is 0 Å². The molecule has 1 rings (SSSR count). The number of hydrogen-bond acceptors (Lipinski definition) is 2. The lowest BCUT2D eigenvalue weighted by atomic mass is 9.85. The van der Waals surface area contributed by atoms with Gasteiger partial charge in [-0.15, -0.1) is 0 Å². The number of carbonyl (C=O) groups is 2. The fourth-order valence-electron chi connectivity index (χ4n) is 3.98. The summed E-state index contributed by atoms with van der Waals surface area (Å²) in [6.07, 6.45) is 0.528. The van der Waals surface area contributed by atoms with Gasteiger partial charge in [-0.25, -0.2) is 0 Å². The van der Waals surface area contributed by atoms with E-state index in [2.05, 4.69) is 0 Å². The summed E-state index contributed by atoms with van der Waals surface area (Å²) >= 11 is 17.5. The van der Waals surface area contributed by atoms with Gasteiger partial charge in [0.2, 0.25) is 0 Å². The first kappa shape index (κ1) is 16.1. The number of ketones is 1. The standard InChI is InChI=1S/C12H17Cl3O3/c1-5-10(6-11(13,14)15)9(3,4)12(10,7(2)16)8(17)18/h5-6H2,1-4H3,(H,17,18). The minimum atomic E-state index is -1.57. The van der Waals surface area contributed by atoms with Crippen molar-refractivity contribution in [2.75, 3.05) is 0 Å². The van der Waals surface area contributed by atoms with Crippen molar-refractivity contribution < 1.29 is 14.7 Å². The van der Waals surface area contributed by atoms with Gasteiger partial charge < -0.3 is 5.11 Å². The fraction of sp³-hybridized carbons (Fsp3) is 0.833. The highest BCUT2D eigenvalue weighted by molar-refractivity contribution is 6.67. The van der Waals surface area contributed by atoms with Crippen molar-refractivity contribution in [2.24, 2.45) is 16.2 Å². The van der Waals surface area contributed by atoms with Gasteiger partial charge in [0, 0.05) is 11.8 Å². The van der Waals surface area contributed by atoms with Crippen LogP contribution < -0.4 is 0 Å². The van der Waals surface area contributed by atoms with Crippen molar-refractivity contribution in [1.29, 1.82) is 0 Å². The summed E-state index contributed by atoms with van der Waals surface area (Å²) < 4.78 is -1.57. The molecule has 3 nitrogen and oxygen atoms in total. The summed E-state index contributed by atoms with van der Waals surface area (Å²) in [7, 11) is 0. The van der Waals surface area contributed by atoms with Crippen molar-refractivity contribution in [3.05, 3.63) is 0 Å². The van der Waals surface area contributed by atoms with Crippen molar-refractivity contribution in [3.63, 3.8) is 0 Å². The van der Waals surface area contributed by atoms with E-state index in [1.807, 2.05) is 6.92 Å². The van der Waals surface area contributed by atoms with E-state index >= 15 is 0 Å². The van der Waals surface area contributed by atoms with E-state index in [0.29, 0.717) is 6.42 Å². The predicted octanol–water partition coefficient (Wildman–Crippen LogP) is 3.84. The molecule has 0 amide bonds. The van der Waals surface area contributed by atoms with Crippen LogP contribution in [0.2, 0.25) is 0 Å². The van der Waals surface area contributed by atoms with Gasteiger partial charge in [-0.2, -0.15) is 0 Å². The zero-order valence-corrected chi connectivity index (χ0v) is 13.1. The largest absolute Gasteiger partial charge is 0.480 e. The van der Waals surface area contributed by atoms with Crippen LogP contribution in [0.4, 0.5) is 0 Å². The molecular formula is C12H17Cl3O3. The van der Waals surface area contributed by atoms with Crippen molar-refractivity contribution in [1.82, 2.24) is 0 Å². The topological polar surface area (TPSA) is 54.4 Å². The van der Waals surface area contributed by atoms with E-state index in [1.54, 1.807) is 13.8 Å². The van der Waals surface area contributed by atoms with Gasteiger partial charge in [0.15, 0.2) is 3.79 Å². The molecule has 104 valence electrons. The average molecular weight is 316 g/mol. The van der Waals surface area contributed by atoms with Gasteiger partial charge in [0.1, 0.15) is 11.2 Å². The Bertz CT molecular complexity index is 384. The van der Waals surface area contributed by atoms with E-state index in [-0.39, 0.29) is 12.2 Å². The first-order valence-electron chi connectivity index (χ1n) is 5.72. The molecule has 0 aromatic heterocycles. The highest BCUT2D eigenvalue weighted by atomic mass is 35.6. The van der Waals surface area contributed by atoms with Gasteiger partial charge in [0.05, 0.1) is 0 Å². The summed E-state index contributed by atoms with van der Waals surface area (Å²) in [5.41, 5.74) is -3.00. The molecule has 0 heterocycles. The molecule has 6 heteroatoms. The molecule has 1 aliphatic rings. The van der Waals surface area contributed by atoms with Crippen LogP contribution in [-0.4, -0.2) is 20.7 Å². The molecule has 1 fully saturated rings. The first-order chi connectivity index (χ1) is 7.90. The number of rotatable bonds is 4. The Morgan fingerprint density at radius 3 is 1.83 bits per heavy atom. The highest BCUT2D eigenvalue weighted by Crippen LogP contribution is 2.82. The van der Waals surface area contributed by atoms with Crippen LogP contribution in [0.3, 0.4) is 0 Å². The summed E-state index contributed by atoms with van der Waals surface area (Å²) in [6.45, 7) is 6.63. The van der Waals surface area contributed by atoms with Crippen molar-refractivity contribution in [2.45, 2.75) is 44.3 Å². The molecule has 0 bridgehead atoms. The Hall–Kier alpha value is 0.01000. The lowest BCUT2D eigenvalue weighted by Crippen LogP contribution is -2.33. The maximum absolute atomic E-state index is 11.9. The number of hydrogen-bond donors (Lipinski definition) is 1. The number of halogens is 3. The molecule has 1 N–H and O–H groups in total. The zero-order chi connectivity index (χ0) is 14.6. The molecule has 0 radical (unpaired) electrons. The van der Waals surface area contributed by atoms with E-state index in [1.165, 1.54) is 6.92 Å². The van der Waals surface area contributed by atoms with Crippen LogP contribution in [0.25, 0.3) is 0 Å². The third-order valence-corrected chi connectivity index (χ3v) is 5.14. The number of aliphatic carboxylic acids is 1. The van der Waals surface area contributed by atoms with Crippen LogP contribution in [0.1, 0.15) is 40.5 Å². The fourth-order valence-corrected chi connectivity index (χ4v) is 4.67. The number of carbonyl (C=O) groups excluding carboxylic acids is 1. The zero-order valence-electron chi connectivity index (χ0n) is 10.8. The molecule has 2 atom stereocenters. The molecule has 0 spiro atoms. The number of carboxylic acid groups (broad SMARTS) is 1. The minimum Gasteiger partial charge on any atom is -0.480 e. The summed E-state index contributed by atoms with van der Waals surface area (Å²) in [5.74, 6) is -1.51. The van der Waals surface area contributed by atoms with Gasteiger partial charge in [-0.1, -0.05) is 55.6 Å². The predicted molar refractivity (Wildman–Crippen MR) is 72.2 cm³/mol. The monoisotopic (exact) mass is 314 g/mol. The Morgan fingerprint density at radius 1 is 1.22 bits per heavy atom. The van der Waals surface area contributed by atoms with Crippen LogP contribution >= 0.6 is 34.8 Å². The van der Waals surface area contributed by atoms with Crippen LogP contribution in [0, 0.1) is 16.2 Å². The second kappa shape index (κ2) is 4.26. The van der Waals surface area contributed by atoms with Crippen LogP contribution in [0.15, 0.2) is 0 Å². The maximum Gasteiger partial charge on any atom is 0.318 e. The minimum absolute atomic E-state index is 0.0556. The van der Waals surface area contributed by atoms with E-state index in [0.717, 1.165) is 0 Å². The number of carboxylic acids is 1. The molecule has 18 heavy (non-hydrogen) atoms. The molecular weight excluding hydrogens is 298 g/mol. The summed E-state index contributed by atoms with van der Waals surface area (Å²) in [6, 6.07) is 0. The smallest absolute Gasteiger partial charge is 0.318 e. The lowest BCUT2D eigenvalue weighted by molar-refractivity contribution is -0.150. The summed E-state index contributed by atoms with van der Waals surface area (Å²) in [4.78, 5) is 23.6. The van der Waals surface area contributed by atoms with Crippen LogP contribution in [-0.2, 0) is 9.59 Å². The van der Waals surface area contributed by atoms with Gasteiger partial charge in [-0.05, 0) is 18.8 Å². The Labute approximate surface area is 122 Å². The molecule has 2 unspecified atom stereocenters. The second-order valence-electron chi connectivity index (χ2n) is 5.46. The second-order valence-corrected chi connectivity index (χ2v) is 7.98. The van der Waals surface area contributed by atoms with Gasteiger partial charge in [-0.3, -0.25) is 9.59 Å². The highest BCUT2D eigenvalue weighted by Gasteiger charge is 2.88. The van der Waals surface area contributed by atoms with E-state index in [4.69, 9.17) is 34.8 Å². The van der Waals surface area contributed by atoms with Crippen LogP contribution in [0.5, 0.6) is 0 Å². The van der Waals surface area contributed by atoms with E-state index in [9.17, 15) is 14.7 Å². The Balaban J connectivity index is 3.39. The number of alkyl halides is 3. The lowest BCUT2D eigenvalue weighted by Gasteiger charge is -2.24. The van der Waals surface area contributed by atoms with E-state index < -0.39 is 26.0 Å². The molecule has 1 aliphatic carbocycles. The van der Waals surface area contributed by atoms with Gasteiger partial charge >= 0.3 is 5.97 Å². The Morgan fingerprint density at radius 2 is 1.67 bits per heavy atom. The first-order valence-corrected chi connectivity index (χ1v) is 6.85. The third-order valence-electron chi connectivity index (χ3n) is 4.74. The molecule has 0 aliphatic heterocycles. The number of Topliss-reactive ketones (excluding diaryl/α,β-unsaturated/α-hetero) is 1. The third kappa shape index (κ3) is 1.70. The SMILES string of the molecule is CCC1(CC(Cl)(Cl)Cl)C(C)(C)C1(C(C)=O)C(=O)O. The quantitative estimate of drug-likeness (QED) is 0.633. The summed E-state index contributed by atoms with van der Waals surface area (Å²) in [5, 5.41) is 9.52. The van der Waals surface area contributed by atoms with Crippen molar-refractivity contribution in [3.8, 4) is 0 Å². The average Bonchev–Trinajstić information content (AvgIpc) is 2.55. The maximum atomic E-state index is 11.9. The Kier molecular flexibility index (Phi) is 3.80. The molecule has 0 saturated heterocycles. The van der Waals surface area contributed by atoms with Crippen molar-refractivity contribution >= 4 is 46.6 Å².